The molecule has 0 aliphatic carbocycles. The molecular formula is C20H22N2O5S. The summed E-state index contributed by atoms with van der Waals surface area (Å²) < 4.78 is 26.8. The van der Waals surface area contributed by atoms with Crippen molar-refractivity contribution in [2.45, 2.75) is 30.2 Å². The number of carboxylic acid groups (broad SMARTS) is 1. The number of carbonyl (C=O) groups is 2. The molecule has 1 heterocycles. The molecule has 0 saturated carbocycles. The Labute approximate surface area is 164 Å². The van der Waals surface area contributed by atoms with Crippen molar-refractivity contribution in [3.05, 3.63) is 65.7 Å². The minimum atomic E-state index is -3.58. The summed E-state index contributed by atoms with van der Waals surface area (Å²) in [6.07, 6.45) is 2.71. The van der Waals surface area contributed by atoms with Crippen LogP contribution < -0.4 is 5.32 Å². The van der Waals surface area contributed by atoms with E-state index in [0.717, 1.165) is 19.3 Å². The van der Waals surface area contributed by atoms with Crippen molar-refractivity contribution in [2.75, 3.05) is 13.1 Å². The van der Waals surface area contributed by atoms with Crippen LogP contribution in [-0.2, 0) is 14.8 Å². The Morgan fingerprint density at radius 1 is 0.929 bits per heavy atom. The number of amides is 1. The SMILES string of the molecule is O=C(N[C@@H](C(=O)O)c1ccccc1)c1ccc(S(=O)(=O)N2CCCCC2)cc1. The van der Waals surface area contributed by atoms with E-state index in [1.54, 1.807) is 30.3 Å². The molecule has 0 aromatic heterocycles. The van der Waals surface area contributed by atoms with Gasteiger partial charge < -0.3 is 10.4 Å². The highest BCUT2D eigenvalue weighted by molar-refractivity contribution is 7.89. The largest absolute Gasteiger partial charge is 0.479 e. The fourth-order valence-electron chi connectivity index (χ4n) is 3.18. The average Bonchev–Trinajstić information content (AvgIpc) is 2.73. The molecule has 1 aliphatic rings. The Morgan fingerprint density at radius 2 is 1.54 bits per heavy atom. The van der Waals surface area contributed by atoms with Crippen LogP contribution >= 0.6 is 0 Å². The highest BCUT2D eigenvalue weighted by atomic mass is 32.2. The number of hydrogen-bond acceptors (Lipinski definition) is 4. The summed E-state index contributed by atoms with van der Waals surface area (Å²) >= 11 is 0. The number of carboxylic acids is 1. The second-order valence-electron chi connectivity index (χ2n) is 6.64. The lowest BCUT2D eigenvalue weighted by Gasteiger charge is -2.25. The van der Waals surface area contributed by atoms with Crippen molar-refractivity contribution in [3.63, 3.8) is 0 Å². The van der Waals surface area contributed by atoms with Gasteiger partial charge in [-0.3, -0.25) is 4.79 Å². The van der Waals surface area contributed by atoms with Crippen LogP contribution in [0.15, 0.2) is 59.5 Å². The molecule has 1 amide bonds. The number of aliphatic carboxylic acids is 1. The van der Waals surface area contributed by atoms with Gasteiger partial charge in [0.25, 0.3) is 5.91 Å². The lowest BCUT2D eigenvalue weighted by molar-refractivity contribution is -0.139. The van der Waals surface area contributed by atoms with Crippen molar-refractivity contribution in [1.29, 1.82) is 0 Å². The molecular weight excluding hydrogens is 380 g/mol. The lowest BCUT2D eigenvalue weighted by Crippen LogP contribution is -2.35. The van der Waals surface area contributed by atoms with Gasteiger partial charge in [-0.25, -0.2) is 13.2 Å². The molecule has 0 unspecified atom stereocenters. The van der Waals surface area contributed by atoms with Crippen molar-refractivity contribution >= 4 is 21.9 Å². The third-order valence-corrected chi connectivity index (χ3v) is 6.64. The molecule has 3 rings (SSSR count). The molecule has 7 nitrogen and oxygen atoms in total. The van der Waals surface area contributed by atoms with Gasteiger partial charge in [0.05, 0.1) is 4.90 Å². The van der Waals surface area contributed by atoms with Crippen LogP contribution in [0.3, 0.4) is 0 Å². The molecule has 1 atom stereocenters. The molecule has 2 aromatic rings. The maximum Gasteiger partial charge on any atom is 0.330 e. The second kappa shape index (κ2) is 8.53. The van der Waals surface area contributed by atoms with E-state index in [1.165, 1.54) is 28.6 Å². The van der Waals surface area contributed by atoms with E-state index in [0.29, 0.717) is 18.7 Å². The second-order valence-corrected chi connectivity index (χ2v) is 8.58. The Morgan fingerprint density at radius 3 is 2.11 bits per heavy atom. The lowest BCUT2D eigenvalue weighted by atomic mass is 10.1. The third-order valence-electron chi connectivity index (χ3n) is 4.72. The minimum Gasteiger partial charge on any atom is -0.479 e. The highest BCUT2D eigenvalue weighted by Gasteiger charge is 2.26. The van der Waals surface area contributed by atoms with E-state index in [-0.39, 0.29) is 10.5 Å². The number of rotatable bonds is 6. The van der Waals surface area contributed by atoms with Crippen LogP contribution in [0.1, 0.15) is 41.2 Å². The molecule has 0 radical (unpaired) electrons. The Balaban J connectivity index is 1.75. The predicted octanol–water partition coefficient (Wildman–Crippen LogP) is 2.42. The number of nitrogens with one attached hydrogen (secondary N) is 1. The maximum atomic E-state index is 12.7. The van der Waals surface area contributed by atoms with Crippen molar-refractivity contribution in [1.82, 2.24) is 9.62 Å². The van der Waals surface area contributed by atoms with Gasteiger partial charge in [0.2, 0.25) is 10.0 Å². The number of hydrogen-bond donors (Lipinski definition) is 2. The Hall–Kier alpha value is -2.71. The molecule has 2 aromatic carbocycles. The smallest absolute Gasteiger partial charge is 0.330 e. The normalized spacial score (nSPS) is 16.3. The van der Waals surface area contributed by atoms with Gasteiger partial charge in [-0.1, -0.05) is 36.8 Å². The number of sulfonamides is 1. The summed E-state index contributed by atoms with van der Waals surface area (Å²) in [4.78, 5) is 24.1. The zero-order valence-corrected chi connectivity index (χ0v) is 16.1. The summed E-state index contributed by atoms with van der Waals surface area (Å²) in [6, 6.07) is 12.8. The minimum absolute atomic E-state index is 0.129. The average molecular weight is 402 g/mol. The zero-order chi connectivity index (χ0) is 20.1. The van der Waals surface area contributed by atoms with E-state index >= 15 is 0 Å². The van der Waals surface area contributed by atoms with Gasteiger partial charge in [0, 0.05) is 18.7 Å². The third kappa shape index (κ3) is 4.40. The van der Waals surface area contributed by atoms with Gasteiger partial charge in [0.1, 0.15) is 0 Å². The van der Waals surface area contributed by atoms with Crippen LogP contribution in [-0.4, -0.2) is 42.8 Å². The summed E-state index contributed by atoms with van der Waals surface area (Å²) in [7, 11) is -3.58. The first-order valence-corrected chi connectivity index (χ1v) is 10.5. The van der Waals surface area contributed by atoms with Crippen LogP contribution in [0.5, 0.6) is 0 Å². The van der Waals surface area contributed by atoms with Gasteiger partial charge in [-0.15, -0.1) is 0 Å². The zero-order valence-electron chi connectivity index (χ0n) is 15.2. The van der Waals surface area contributed by atoms with E-state index in [4.69, 9.17) is 0 Å². The van der Waals surface area contributed by atoms with Crippen molar-refractivity contribution in [2.24, 2.45) is 0 Å². The monoisotopic (exact) mass is 402 g/mol. The molecule has 0 bridgehead atoms. The fraction of sp³-hybridized carbons (Fsp3) is 0.300. The quantitative estimate of drug-likeness (QED) is 0.772. The van der Waals surface area contributed by atoms with Crippen molar-refractivity contribution < 1.29 is 23.1 Å². The van der Waals surface area contributed by atoms with Crippen LogP contribution in [0.4, 0.5) is 0 Å². The predicted molar refractivity (Wildman–Crippen MR) is 103 cm³/mol. The summed E-state index contributed by atoms with van der Waals surface area (Å²) in [6.45, 7) is 1.00. The van der Waals surface area contributed by atoms with Crippen LogP contribution in [0, 0.1) is 0 Å². The number of piperidine rings is 1. The number of nitrogens with zero attached hydrogens (tertiary/aromatic N) is 1. The first-order valence-electron chi connectivity index (χ1n) is 9.08. The molecule has 8 heteroatoms. The molecule has 148 valence electrons. The first kappa shape index (κ1) is 20.0. The molecule has 1 aliphatic heterocycles. The molecule has 2 N–H and O–H groups in total. The van der Waals surface area contributed by atoms with Crippen molar-refractivity contribution in [3.8, 4) is 0 Å². The van der Waals surface area contributed by atoms with Gasteiger partial charge in [-0.05, 0) is 42.7 Å². The first-order chi connectivity index (χ1) is 13.4. The molecule has 1 fully saturated rings. The topological polar surface area (TPSA) is 104 Å². The summed E-state index contributed by atoms with van der Waals surface area (Å²) in [5.41, 5.74) is 0.646. The van der Waals surface area contributed by atoms with Crippen LogP contribution in [0.2, 0.25) is 0 Å². The Kier molecular flexibility index (Phi) is 6.11. The maximum absolute atomic E-state index is 12.7. The van der Waals surface area contributed by atoms with Gasteiger partial charge in [-0.2, -0.15) is 4.31 Å². The van der Waals surface area contributed by atoms with E-state index in [9.17, 15) is 23.1 Å². The molecule has 28 heavy (non-hydrogen) atoms. The summed E-state index contributed by atoms with van der Waals surface area (Å²) in [5.74, 6) is -1.76. The highest BCUT2D eigenvalue weighted by Crippen LogP contribution is 2.21. The van der Waals surface area contributed by atoms with Crippen LogP contribution in [0.25, 0.3) is 0 Å². The fourth-order valence-corrected chi connectivity index (χ4v) is 4.70. The standard InChI is InChI=1S/C20H22N2O5S/c23-19(21-18(20(24)25)15-7-3-1-4-8-15)16-9-11-17(12-10-16)28(26,27)22-13-5-2-6-14-22/h1,3-4,7-12,18H,2,5-6,13-14H2,(H,21,23)(H,24,25)/t18-/m1/s1. The molecule has 1 saturated heterocycles. The van der Waals surface area contributed by atoms with Gasteiger partial charge >= 0.3 is 5.97 Å². The Bertz CT molecular complexity index is 936. The molecule has 0 spiro atoms. The van der Waals surface area contributed by atoms with E-state index in [1.807, 2.05) is 0 Å². The number of carbonyl (C=O) groups excluding carboxylic acids is 1. The van der Waals surface area contributed by atoms with E-state index < -0.39 is 27.9 Å². The van der Waals surface area contributed by atoms with E-state index in [2.05, 4.69) is 5.32 Å². The summed E-state index contributed by atoms with van der Waals surface area (Å²) in [5, 5.41) is 11.9. The van der Waals surface area contributed by atoms with Gasteiger partial charge in [0.15, 0.2) is 6.04 Å². The number of benzene rings is 2.